The molecule has 21 heavy (non-hydrogen) atoms. The molecular weight excluding hydrogens is 276 g/mol. The van der Waals surface area contributed by atoms with Crippen molar-refractivity contribution in [2.24, 2.45) is 5.92 Å². The molecular formula is C20H21Cl. The summed E-state index contributed by atoms with van der Waals surface area (Å²) in [6, 6.07) is 16.6. The maximum absolute atomic E-state index is 5.86. The lowest BCUT2D eigenvalue weighted by molar-refractivity contribution is 0.647. The summed E-state index contributed by atoms with van der Waals surface area (Å²) in [5.41, 5.74) is 3.78. The number of rotatable bonds is 5. The van der Waals surface area contributed by atoms with Crippen molar-refractivity contribution in [3.8, 4) is 0 Å². The third kappa shape index (κ3) is 5.61. The monoisotopic (exact) mass is 296 g/mol. The summed E-state index contributed by atoms with van der Waals surface area (Å²) in [6.45, 7) is 4.49. The Bertz CT molecular complexity index is 601. The van der Waals surface area contributed by atoms with Gasteiger partial charge in [-0.3, -0.25) is 0 Å². The molecule has 0 atom stereocenters. The van der Waals surface area contributed by atoms with E-state index in [9.17, 15) is 0 Å². The van der Waals surface area contributed by atoms with Gasteiger partial charge in [0.15, 0.2) is 0 Å². The molecule has 0 saturated heterocycles. The van der Waals surface area contributed by atoms with Gasteiger partial charge in [-0.15, -0.1) is 0 Å². The first-order chi connectivity index (χ1) is 10.1. The van der Waals surface area contributed by atoms with Gasteiger partial charge in [0.1, 0.15) is 0 Å². The van der Waals surface area contributed by atoms with Gasteiger partial charge in [-0.25, -0.2) is 0 Å². The van der Waals surface area contributed by atoms with Crippen LogP contribution in [0.15, 0.2) is 60.7 Å². The van der Waals surface area contributed by atoms with Gasteiger partial charge in [0.25, 0.3) is 0 Å². The van der Waals surface area contributed by atoms with E-state index >= 15 is 0 Å². The average Bonchev–Trinajstić information content (AvgIpc) is 2.46. The van der Waals surface area contributed by atoms with Crippen molar-refractivity contribution in [2.45, 2.75) is 20.3 Å². The Labute approximate surface area is 132 Å². The average molecular weight is 297 g/mol. The summed E-state index contributed by atoms with van der Waals surface area (Å²) in [5.74, 6) is 0.703. The van der Waals surface area contributed by atoms with Gasteiger partial charge in [-0.05, 0) is 41.2 Å². The molecule has 0 amide bonds. The smallest absolute Gasteiger partial charge is 0.0406 e. The van der Waals surface area contributed by atoms with E-state index in [1.165, 1.54) is 11.1 Å². The maximum atomic E-state index is 5.86. The normalized spacial score (nSPS) is 11.8. The molecule has 2 aromatic rings. The Balaban J connectivity index is 1.93. The van der Waals surface area contributed by atoms with Crippen LogP contribution in [0.3, 0.4) is 0 Å². The minimum absolute atomic E-state index is 0.703. The number of hydrogen-bond acceptors (Lipinski definition) is 0. The van der Waals surface area contributed by atoms with E-state index in [4.69, 9.17) is 11.6 Å². The van der Waals surface area contributed by atoms with Crippen LogP contribution in [0.1, 0.15) is 30.5 Å². The minimum atomic E-state index is 0.703. The van der Waals surface area contributed by atoms with Gasteiger partial charge in [-0.2, -0.15) is 0 Å². The highest BCUT2D eigenvalue weighted by Crippen LogP contribution is 2.12. The van der Waals surface area contributed by atoms with Gasteiger partial charge in [0, 0.05) is 5.02 Å². The van der Waals surface area contributed by atoms with E-state index in [1.54, 1.807) is 0 Å². The molecule has 0 N–H and O–H groups in total. The molecule has 2 rings (SSSR count). The van der Waals surface area contributed by atoms with Crippen LogP contribution >= 0.6 is 11.6 Å². The molecule has 0 aliphatic rings. The molecule has 0 unspecified atom stereocenters. The quantitative estimate of drug-likeness (QED) is 0.571. The number of halogens is 1. The number of hydrogen-bond donors (Lipinski definition) is 0. The van der Waals surface area contributed by atoms with E-state index in [0.717, 1.165) is 17.0 Å². The second kappa shape index (κ2) is 7.85. The molecule has 0 aliphatic carbocycles. The van der Waals surface area contributed by atoms with Crippen molar-refractivity contribution in [1.29, 1.82) is 0 Å². The van der Waals surface area contributed by atoms with Crippen LogP contribution in [-0.2, 0) is 6.42 Å². The Morgan fingerprint density at radius 2 is 1.29 bits per heavy atom. The van der Waals surface area contributed by atoms with E-state index in [2.05, 4.69) is 56.3 Å². The summed E-state index contributed by atoms with van der Waals surface area (Å²) in [6.07, 6.45) is 9.43. The molecule has 0 heterocycles. The Morgan fingerprint density at radius 1 is 0.810 bits per heavy atom. The molecule has 1 heteroatoms. The van der Waals surface area contributed by atoms with Crippen molar-refractivity contribution >= 4 is 23.8 Å². The lowest BCUT2D eigenvalue weighted by atomic mass is 10.0. The summed E-state index contributed by atoms with van der Waals surface area (Å²) in [4.78, 5) is 0. The zero-order valence-corrected chi connectivity index (χ0v) is 13.3. The largest absolute Gasteiger partial charge is 0.0843 e. The standard InChI is InChI=1S/C20H21Cl/c1-16(2)15-19-9-7-17(8-10-19)5-3-4-6-18-11-13-20(21)14-12-18/h3-14,16H,15H2,1-2H3/b5-3+,6-4+. The Kier molecular flexibility index (Phi) is 5.83. The fourth-order valence-corrected chi connectivity index (χ4v) is 2.27. The van der Waals surface area contributed by atoms with E-state index in [0.29, 0.717) is 5.92 Å². The van der Waals surface area contributed by atoms with Crippen LogP contribution in [0.4, 0.5) is 0 Å². The van der Waals surface area contributed by atoms with Gasteiger partial charge in [0.2, 0.25) is 0 Å². The molecule has 0 aliphatic heterocycles. The zero-order chi connectivity index (χ0) is 15.1. The van der Waals surface area contributed by atoms with Crippen molar-refractivity contribution in [3.63, 3.8) is 0 Å². The van der Waals surface area contributed by atoms with E-state index in [1.807, 2.05) is 30.3 Å². The second-order valence-electron chi connectivity index (χ2n) is 5.61. The predicted octanol–water partition coefficient (Wildman–Crippen LogP) is 6.27. The van der Waals surface area contributed by atoms with Gasteiger partial charge < -0.3 is 0 Å². The topological polar surface area (TPSA) is 0 Å². The third-order valence-electron chi connectivity index (χ3n) is 3.18. The minimum Gasteiger partial charge on any atom is -0.0843 e. The first-order valence-electron chi connectivity index (χ1n) is 7.33. The molecule has 108 valence electrons. The van der Waals surface area contributed by atoms with E-state index < -0.39 is 0 Å². The molecule has 0 spiro atoms. The van der Waals surface area contributed by atoms with Crippen molar-refractivity contribution in [2.75, 3.05) is 0 Å². The van der Waals surface area contributed by atoms with Crippen LogP contribution in [0.25, 0.3) is 12.2 Å². The highest BCUT2D eigenvalue weighted by Gasteiger charge is 1.96. The van der Waals surface area contributed by atoms with Gasteiger partial charge in [-0.1, -0.05) is 86.2 Å². The molecule has 2 aromatic carbocycles. The van der Waals surface area contributed by atoms with Crippen molar-refractivity contribution in [1.82, 2.24) is 0 Å². The van der Waals surface area contributed by atoms with Crippen LogP contribution in [0.2, 0.25) is 5.02 Å². The highest BCUT2D eigenvalue weighted by atomic mass is 35.5. The SMILES string of the molecule is CC(C)Cc1ccc(/C=C/C=C/c2ccc(Cl)cc2)cc1. The summed E-state index contributed by atoms with van der Waals surface area (Å²) in [5, 5.41) is 0.768. The van der Waals surface area contributed by atoms with Crippen molar-refractivity contribution < 1.29 is 0 Å². The Morgan fingerprint density at radius 3 is 1.76 bits per heavy atom. The maximum Gasteiger partial charge on any atom is 0.0406 e. The summed E-state index contributed by atoms with van der Waals surface area (Å²) in [7, 11) is 0. The van der Waals surface area contributed by atoms with Crippen LogP contribution in [0, 0.1) is 5.92 Å². The summed E-state index contributed by atoms with van der Waals surface area (Å²) >= 11 is 5.86. The molecule has 0 fully saturated rings. The predicted molar refractivity (Wildman–Crippen MR) is 94.5 cm³/mol. The number of allylic oxidation sites excluding steroid dienone is 2. The first-order valence-corrected chi connectivity index (χ1v) is 7.70. The molecule has 0 saturated carbocycles. The van der Waals surface area contributed by atoms with Gasteiger partial charge in [0.05, 0.1) is 0 Å². The van der Waals surface area contributed by atoms with Crippen LogP contribution in [0.5, 0.6) is 0 Å². The Hall–Kier alpha value is -1.79. The first kappa shape index (κ1) is 15.6. The molecule has 0 radical (unpaired) electrons. The van der Waals surface area contributed by atoms with Crippen LogP contribution < -0.4 is 0 Å². The fraction of sp³-hybridized carbons (Fsp3) is 0.200. The van der Waals surface area contributed by atoms with E-state index in [-0.39, 0.29) is 0 Å². The molecule has 0 aromatic heterocycles. The molecule has 0 nitrogen and oxygen atoms in total. The molecule has 0 bridgehead atoms. The van der Waals surface area contributed by atoms with Crippen LogP contribution in [-0.4, -0.2) is 0 Å². The second-order valence-corrected chi connectivity index (χ2v) is 6.05. The lowest BCUT2D eigenvalue weighted by Crippen LogP contribution is -1.93. The van der Waals surface area contributed by atoms with Crippen molar-refractivity contribution in [3.05, 3.63) is 82.4 Å². The lowest BCUT2D eigenvalue weighted by Gasteiger charge is -2.04. The van der Waals surface area contributed by atoms with Gasteiger partial charge >= 0.3 is 0 Å². The third-order valence-corrected chi connectivity index (χ3v) is 3.43. The fourth-order valence-electron chi connectivity index (χ4n) is 2.14. The zero-order valence-electron chi connectivity index (χ0n) is 12.6. The summed E-state index contributed by atoms with van der Waals surface area (Å²) < 4.78 is 0. The highest BCUT2D eigenvalue weighted by molar-refractivity contribution is 6.30. The number of benzene rings is 2.